The molecule has 4 heterocycles. The van der Waals surface area contributed by atoms with E-state index >= 15 is 0 Å². The summed E-state index contributed by atoms with van der Waals surface area (Å²) in [6.07, 6.45) is 3.51. The molecule has 1 aliphatic rings. The van der Waals surface area contributed by atoms with Crippen molar-refractivity contribution in [2.24, 2.45) is 0 Å². The predicted octanol–water partition coefficient (Wildman–Crippen LogP) is 4.52. The minimum absolute atomic E-state index is 0.744. The summed E-state index contributed by atoms with van der Waals surface area (Å²) in [5.41, 5.74) is 4.19. The first-order chi connectivity index (χ1) is 17.3. The molecule has 6 rings (SSSR count). The van der Waals surface area contributed by atoms with E-state index in [0.29, 0.717) is 0 Å². The van der Waals surface area contributed by atoms with E-state index in [1.807, 2.05) is 23.0 Å². The molecule has 8 heteroatoms. The second-order valence-corrected chi connectivity index (χ2v) is 9.48. The van der Waals surface area contributed by atoms with E-state index in [9.17, 15) is 0 Å². The molecule has 3 aromatic heterocycles. The number of rotatable bonds is 5. The summed E-state index contributed by atoms with van der Waals surface area (Å²) in [5, 5.41) is 9.15. The van der Waals surface area contributed by atoms with Gasteiger partial charge in [-0.15, -0.1) is 11.3 Å². The number of nitrogens with one attached hydrogen (secondary N) is 1. The van der Waals surface area contributed by atoms with Gasteiger partial charge in [-0.25, -0.2) is 9.97 Å². The lowest BCUT2D eigenvalue weighted by Gasteiger charge is -2.24. The van der Waals surface area contributed by atoms with Crippen molar-refractivity contribution in [3.05, 3.63) is 77.6 Å². The third-order valence-corrected chi connectivity index (χ3v) is 7.06. The molecule has 0 amide bonds. The Kier molecular flexibility index (Phi) is 6.11. The number of hydrogen-bond acceptors (Lipinski definition) is 7. The van der Waals surface area contributed by atoms with Gasteiger partial charge in [0, 0.05) is 24.2 Å². The van der Waals surface area contributed by atoms with E-state index in [4.69, 9.17) is 4.74 Å². The van der Waals surface area contributed by atoms with Crippen LogP contribution < -0.4 is 5.32 Å². The Morgan fingerprint density at radius 2 is 1.91 bits per heavy atom. The lowest BCUT2D eigenvalue weighted by Crippen LogP contribution is -2.36. The topological polar surface area (TPSA) is 68.1 Å². The number of fused-ring (bicyclic) bond motifs is 2. The van der Waals surface area contributed by atoms with Crippen LogP contribution in [0, 0.1) is 11.8 Å². The molecule has 5 aromatic rings. The molecule has 2 aromatic carbocycles. The summed E-state index contributed by atoms with van der Waals surface area (Å²) in [6, 6.07) is 18.7. The van der Waals surface area contributed by atoms with Gasteiger partial charge in [0.25, 0.3) is 0 Å². The largest absolute Gasteiger partial charge is 0.379 e. The molecule has 1 N–H and O–H groups in total. The van der Waals surface area contributed by atoms with Gasteiger partial charge >= 0.3 is 0 Å². The number of benzene rings is 2. The molecule has 0 unspecified atom stereocenters. The molecule has 1 aliphatic heterocycles. The van der Waals surface area contributed by atoms with Crippen LogP contribution in [0.15, 0.2) is 67.1 Å². The minimum Gasteiger partial charge on any atom is -0.379 e. The zero-order valence-electron chi connectivity index (χ0n) is 19.1. The molecule has 7 nitrogen and oxygen atoms in total. The molecule has 0 spiro atoms. The van der Waals surface area contributed by atoms with Crippen LogP contribution in [-0.4, -0.2) is 57.5 Å². The fraction of sp³-hybridized carbons (Fsp3) is 0.222. The van der Waals surface area contributed by atoms with Gasteiger partial charge in [-0.05, 0) is 29.8 Å². The number of aromatic nitrogens is 4. The Bertz CT molecular complexity index is 1530. The summed E-state index contributed by atoms with van der Waals surface area (Å²) < 4.78 is 8.43. The van der Waals surface area contributed by atoms with E-state index in [2.05, 4.69) is 79.6 Å². The molecule has 35 heavy (non-hydrogen) atoms. The maximum Gasteiger partial charge on any atom is 0.151 e. The third kappa shape index (κ3) is 4.88. The van der Waals surface area contributed by atoms with Crippen molar-refractivity contribution in [3.8, 4) is 11.8 Å². The summed E-state index contributed by atoms with van der Waals surface area (Å²) in [5.74, 6) is 7.38. The minimum atomic E-state index is 0.744. The molecule has 0 aliphatic carbocycles. The highest BCUT2D eigenvalue weighted by Crippen LogP contribution is 2.31. The number of nitrogens with zero attached hydrogens (tertiary/aromatic N) is 5. The second kappa shape index (κ2) is 9.84. The normalized spacial score (nSPS) is 14.2. The number of hydrogen-bond donors (Lipinski definition) is 1. The van der Waals surface area contributed by atoms with E-state index in [1.54, 1.807) is 17.7 Å². The maximum atomic E-state index is 5.40. The zero-order valence-corrected chi connectivity index (χ0v) is 20.0. The van der Waals surface area contributed by atoms with Gasteiger partial charge in [0.2, 0.25) is 0 Å². The van der Waals surface area contributed by atoms with Crippen molar-refractivity contribution in [2.45, 2.75) is 6.54 Å². The van der Waals surface area contributed by atoms with Crippen LogP contribution in [0.5, 0.6) is 0 Å². The Hall–Kier alpha value is -3.77. The molecular weight excluding hydrogens is 456 g/mol. The highest BCUT2D eigenvalue weighted by atomic mass is 32.1. The predicted molar refractivity (Wildman–Crippen MR) is 140 cm³/mol. The monoisotopic (exact) mass is 480 g/mol. The molecule has 0 atom stereocenters. The van der Waals surface area contributed by atoms with Crippen molar-refractivity contribution < 1.29 is 4.74 Å². The van der Waals surface area contributed by atoms with Gasteiger partial charge in [-0.1, -0.05) is 42.2 Å². The van der Waals surface area contributed by atoms with Crippen LogP contribution in [0.25, 0.3) is 21.1 Å². The van der Waals surface area contributed by atoms with E-state index in [-0.39, 0.29) is 0 Å². The Morgan fingerprint density at radius 1 is 1.03 bits per heavy atom. The Morgan fingerprint density at radius 3 is 2.80 bits per heavy atom. The van der Waals surface area contributed by atoms with Gasteiger partial charge in [-0.3, -0.25) is 9.58 Å². The smallest absolute Gasteiger partial charge is 0.151 e. The zero-order chi connectivity index (χ0) is 23.5. The average Bonchev–Trinajstić information content (AvgIpc) is 3.50. The standard InChI is InChI=1S/C27H24N6OS/c1-2-5-20(6-3-1)18-33-25-9-8-22(15-21(25)17-30-33)31-27-26-24(28-19-29-27)16-23(35-26)7-4-10-32-11-13-34-14-12-32/h1-3,5-6,8-9,15-17,19H,10-14,18H2,(H,28,29,31). The van der Waals surface area contributed by atoms with Gasteiger partial charge < -0.3 is 10.1 Å². The van der Waals surface area contributed by atoms with Crippen molar-refractivity contribution in [1.29, 1.82) is 0 Å². The molecule has 0 saturated carbocycles. The summed E-state index contributed by atoms with van der Waals surface area (Å²) in [7, 11) is 0. The van der Waals surface area contributed by atoms with Crippen LogP contribution >= 0.6 is 11.3 Å². The number of morpholine rings is 1. The SMILES string of the molecule is C(#Cc1cc2ncnc(Nc3ccc4c(cnn4Cc4ccccc4)c3)c2s1)CN1CCOCC1. The quantitative estimate of drug-likeness (QED) is 0.373. The van der Waals surface area contributed by atoms with Crippen molar-refractivity contribution in [3.63, 3.8) is 0 Å². The van der Waals surface area contributed by atoms with Gasteiger partial charge in [0.05, 0.1) is 53.1 Å². The first-order valence-electron chi connectivity index (χ1n) is 11.6. The van der Waals surface area contributed by atoms with Crippen molar-refractivity contribution in [2.75, 3.05) is 38.2 Å². The Balaban J connectivity index is 1.21. The molecule has 1 saturated heterocycles. The lowest BCUT2D eigenvalue weighted by molar-refractivity contribution is 0.0443. The first kappa shape index (κ1) is 21.7. The average molecular weight is 481 g/mol. The molecule has 0 radical (unpaired) electrons. The number of ether oxygens (including phenoxy) is 1. The fourth-order valence-electron chi connectivity index (χ4n) is 4.19. The van der Waals surface area contributed by atoms with Crippen LogP contribution in [0.4, 0.5) is 11.5 Å². The van der Waals surface area contributed by atoms with Gasteiger partial charge in [0.15, 0.2) is 5.82 Å². The molecular formula is C27H24N6OS. The van der Waals surface area contributed by atoms with Crippen molar-refractivity contribution >= 4 is 44.0 Å². The third-order valence-electron chi connectivity index (χ3n) is 6.01. The molecule has 0 bridgehead atoms. The summed E-state index contributed by atoms with van der Waals surface area (Å²) >= 11 is 1.62. The summed E-state index contributed by atoms with van der Waals surface area (Å²) in [6.45, 7) is 4.95. The maximum absolute atomic E-state index is 5.40. The van der Waals surface area contributed by atoms with Gasteiger partial charge in [0.1, 0.15) is 6.33 Å². The van der Waals surface area contributed by atoms with Crippen LogP contribution in [0.2, 0.25) is 0 Å². The van der Waals surface area contributed by atoms with Crippen molar-refractivity contribution in [1.82, 2.24) is 24.6 Å². The van der Waals surface area contributed by atoms with E-state index in [0.717, 1.165) is 76.9 Å². The second-order valence-electron chi connectivity index (χ2n) is 8.42. The molecule has 174 valence electrons. The van der Waals surface area contributed by atoms with Gasteiger partial charge in [-0.2, -0.15) is 5.10 Å². The fourth-order valence-corrected chi connectivity index (χ4v) is 5.12. The van der Waals surface area contributed by atoms with Crippen LogP contribution in [0.1, 0.15) is 10.4 Å². The Labute approximate surface area is 207 Å². The van der Waals surface area contributed by atoms with E-state index < -0.39 is 0 Å². The molecule has 1 fully saturated rings. The number of thiophene rings is 1. The van der Waals surface area contributed by atoms with Crippen LogP contribution in [-0.2, 0) is 11.3 Å². The highest BCUT2D eigenvalue weighted by Gasteiger charge is 2.11. The van der Waals surface area contributed by atoms with E-state index in [1.165, 1.54) is 5.56 Å². The number of anilines is 2. The lowest BCUT2D eigenvalue weighted by atomic mass is 10.2. The highest BCUT2D eigenvalue weighted by molar-refractivity contribution is 7.20. The van der Waals surface area contributed by atoms with Crippen LogP contribution in [0.3, 0.4) is 0 Å². The summed E-state index contributed by atoms with van der Waals surface area (Å²) in [4.78, 5) is 12.3. The first-order valence-corrected chi connectivity index (χ1v) is 12.4.